The molecule has 1 aliphatic heterocycles. The molecular weight excluding hydrogens is 276 g/mol. The van der Waals surface area contributed by atoms with E-state index in [9.17, 15) is 0 Å². The molecule has 3 heteroatoms. The lowest BCUT2D eigenvalue weighted by molar-refractivity contribution is 0.449. The van der Waals surface area contributed by atoms with Gasteiger partial charge in [-0.25, -0.2) is 0 Å². The first-order chi connectivity index (χ1) is 8.09. The lowest BCUT2D eigenvalue weighted by atomic mass is 9.86. The van der Waals surface area contributed by atoms with Crippen molar-refractivity contribution in [1.29, 1.82) is 0 Å². The van der Waals surface area contributed by atoms with Crippen molar-refractivity contribution in [3.8, 4) is 0 Å². The van der Waals surface area contributed by atoms with Crippen molar-refractivity contribution in [2.24, 2.45) is 5.92 Å². The summed E-state index contributed by atoms with van der Waals surface area (Å²) in [5.74, 6) is 1.40. The molecule has 2 rings (SSSR count). The fourth-order valence-electron chi connectivity index (χ4n) is 1.91. The Balaban J connectivity index is 1.93. The molecule has 2 atom stereocenters. The van der Waals surface area contributed by atoms with Gasteiger partial charge in [0, 0.05) is 17.8 Å². The molecule has 0 aromatic heterocycles. The van der Waals surface area contributed by atoms with Crippen molar-refractivity contribution in [3.05, 3.63) is 60.8 Å². The van der Waals surface area contributed by atoms with Crippen LogP contribution in [0.1, 0.15) is 13.3 Å². The van der Waals surface area contributed by atoms with Gasteiger partial charge in [-0.05, 0) is 25.5 Å². The number of nitrogens with zero attached hydrogens (tertiary/aromatic N) is 1. The van der Waals surface area contributed by atoms with Gasteiger partial charge in [-0.2, -0.15) is 0 Å². The van der Waals surface area contributed by atoms with E-state index in [-0.39, 0.29) is 4.95 Å². The van der Waals surface area contributed by atoms with E-state index in [0.29, 0.717) is 5.92 Å². The molecule has 17 heavy (non-hydrogen) atoms. The van der Waals surface area contributed by atoms with E-state index in [1.54, 1.807) is 0 Å². The Morgan fingerprint density at radius 1 is 1.59 bits per heavy atom. The standard InChI is InChI=1S/C14H17BrN2/c1-10-7-8-13(10)14(15)16-12(3)17-9-5-4-6-11(17)2/h4-7,9,13-14,16H,2-3,8H2,1H3/t13-,14+/m0/s1. The summed E-state index contributed by atoms with van der Waals surface area (Å²) in [5, 5.41) is 3.37. The predicted molar refractivity (Wildman–Crippen MR) is 76.1 cm³/mol. The van der Waals surface area contributed by atoms with Crippen LogP contribution in [0.15, 0.2) is 60.8 Å². The van der Waals surface area contributed by atoms with Gasteiger partial charge in [0.1, 0.15) is 5.82 Å². The number of allylic oxidation sites excluding steroid dienone is 4. The Bertz CT molecular complexity index is 432. The molecule has 90 valence electrons. The predicted octanol–water partition coefficient (Wildman–Crippen LogP) is 3.63. The van der Waals surface area contributed by atoms with Crippen LogP contribution in [0, 0.1) is 5.92 Å². The van der Waals surface area contributed by atoms with Crippen LogP contribution >= 0.6 is 15.9 Å². The average molecular weight is 293 g/mol. The third kappa shape index (κ3) is 2.55. The van der Waals surface area contributed by atoms with Crippen molar-refractivity contribution >= 4 is 15.9 Å². The van der Waals surface area contributed by atoms with Crippen LogP contribution in [0.25, 0.3) is 0 Å². The first-order valence-corrected chi connectivity index (χ1v) is 6.60. The van der Waals surface area contributed by atoms with Crippen LogP contribution in [0.4, 0.5) is 0 Å². The van der Waals surface area contributed by atoms with Gasteiger partial charge in [0.15, 0.2) is 0 Å². The molecule has 0 bridgehead atoms. The zero-order valence-electron chi connectivity index (χ0n) is 9.99. The maximum atomic E-state index is 4.05. The molecule has 0 radical (unpaired) electrons. The molecule has 2 aliphatic rings. The highest BCUT2D eigenvalue weighted by molar-refractivity contribution is 9.09. The Hall–Kier alpha value is -1.22. The van der Waals surface area contributed by atoms with Crippen molar-refractivity contribution in [1.82, 2.24) is 10.2 Å². The largest absolute Gasteiger partial charge is 0.359 e. The second kappa shape index (κ2) is 4.96. The monoisotopic (exact) mass is 292 g/mol. The van der Waals surface area contributed by atoms with Crippen LogP contribution in [0.3, 0.4) is 0 Å². The van der Waals surface area contributed by atoms with Gasteiger partial charge in [-0.15, -0.1) is 0 Å². The molecule has 0 aromatic carbocycles. The third-order valence-corrected chi connectivity index (χ3v) is 4.04. The first-order valence-electron chi connectivity index (χ1n) is 5.69. The molecule has 2 nitrogen and oxygen atoms in total. The minimum absolute atomic E-state index is 0.229. The second-order valence-corrected chi connectivity index (χ2v) is 5.33. The quantitative estimate of drug-likeness (QED) is 0.484. The van der Waals surface area contributed by atoms with E-state index in [1.165, 1.54) is 5.57 Å². The zero-order chi connectivity index (χ0) is 12.4. The average Bonchev–Trinajstić information content (AvgIpc) is 2.27. The van der Waals surface area contributed by atoms with E-state index in [2.05, 4.69) is 47.4 Å². The SMILES string of the molecule is C=C1C=CC=CN1C(=C)N[C@@H](Br)[C@H]1CC=C1C. The van der Waals surface area contributed by atoms with Gasteiger partial charge >= 0.3 is 0 Å². The maximum Gasteiger partial charge on any atom is 0.103 e. The molecule has 1 N–H and O–H groups in total. The van der Waals surface area contributed by atoms with Gasteiger partial charge in [-0.3, -0.25) is 0 Å². The van der Waals surface area contributed by atoms with E-state index >= 15 is 0 Å². The van der Waals surface area contributed by atoms with Crippen LogP contribution in [0.2, 0.25) is 0 Å². The summed E-state index contributed by atoms with van der Waals surface area (Å²) < 4.78 is 0. The lowest BCUT2D eigenvalue weighted by Crippen LogP contribution is -2.37. The number of rotatable bonds is 4. The summed E-state index contributed by atoms with van der Waals surface area (Å²) in [7, 11) is 0. The smallest absolute Gasteiger partial charge is 0.103 e. The van der Waals surface area contributed by atoms with Crippen LogP contribution < -0.4 is 5.32 Å². The summed E-state index contributed by atoms with van der Waals surface area (Å²) >= 11 is 3.67. The van der Waals surface area contributed by atoms with Crippen molar-refractivity contribution in [3.63, 3.8) is 0 Å². The van der Waals surface area contributed by atoms with Crippen molar-refractivity contribution < 1.29 is 0 Å². The van der Waals surface area contributed by atoms with Crippen LogP contribution in [-0.2, 0) is 0 Å². The van der Waals surface area contributed by atoms with Gasteiger partial charge < -0.3 is 10.2 Å². The molecule has 0 aromatic rings. The second-order valence-electron chi connectivity index (χ2n) is 4.35. The number of nitrogens with one attached hydrogen (secondary N) is 1. The zero-order valence-corrected chi connectivity index (χ0v) is 11.6. The Morgan fingerprint density at radius 2 is 2.35 bits per heavy atom. The Labute approximate surface area is 111 Å². The fraction of sp³-hybridized carbons (Fsp3) is 0.286. The highest BCUT2D eigenvalue weighted by Gasteiger charge is 2.26. The molecule has 1 heterocycles. The molecule has 0 amide bonds. The molecule has 0 fully saturated rings. The molecule has 0 saturated heterocycles. The Morgan fingerprint density at radius 3 is 2.88 bits per heavy atom. The van der Waals surface area contributed by atoms with Gasteiger partial charge in [0.05, 0.1) is 4.95 Å². The maximum absolute atomic E-state index is 4.05. The van der Waals surface area contributed by atoms with Gasteiger partial charge in [-0.1, -0.05) is 46.8 Å². The summed E-state index contributed by atoms with van der Waals surface area (Å²) in [4.78, 5) is 2.18. The molecule has 1 aliphatic carbocycles. The normalized spacial score (nSPS) is 24.1. The first kappa shape index (κ1) is 12.2. The number of hydrogen-bond acceptors (Lipinski definition) is 2. The molecular formula is C14H17BrN2. The highest BCUT2D eigenvalue weighted by Crippen LogP contribution is 2.32. The molecule has 0 unspecified atom stereocenters. The summed E-state index contributed by atoms with van der Waals surface area (Å²) in [6, 6.07) is 0. The summed E-state index contributed by atoms with van der Waals surface area (Å²) in [5.41, 5.74) is 2.35. The van der Waals surface area contributed by atoms with Crippen molar-refractivity contribution in [2.45, 2.75) is 18.3 Å². The molecule has 0 saturated carbocycles. The summed E-state index contributed by atoms with van der Waals surface area (Å²) in [6.07, 6.45) is 11.2. The van der Waals surface area contributed by atoms with Crippen LogP contribution in [0.5, 0.6) is 0 Å². The number of hydrogen-bond donors (Lipinski definition) is 1. The van der Waals surface area contributed by atoms with E-state index < -0.39 is 0 Å². The Kier molecular flexibility index (Phi) is 3.57. The fourth-order valence-corrected chi connectivity index (χ4v) is 2.81. The number of alkyl halides is 1. The third-order valence-electron chi connectivity index (χ3n) is 3.17. The van der Waals surface area contributed by atoms with E-state index in [0.717, 1.165) is 17.9 Å². The van der Waals surface area contributed by atoms with E-state index in [4.69, 9.17) is 0 Å². The van der Waals surface area contributed by atoms with Gasteiger partial charge in [0.25, 0.3) is 0 Å². The topological polar surface area (TPSA) is 15.3 Å². The van der Waals surface area contributed by atoms with Gasteiger partial charge in [0.2, 0.25) is 0 Å². The minimum Gasteiger partial charge on any atom is -0.359 e. The number of halogens is 1. The summed E-state index contributed by atoms with van der Waals surface area (Å²) in [6.45, 7) is 10.2. The highest BCUT2D eigenvalue weighted by atomic mass is 79.9. The van der Waals surface area contributed by atoms with Crippen molar-refractivity contribution in [2.75, 3.05) is 0 Å². The van der Waals surface area contributed by atoms with Crippen LogP contribution in [-0.4, -0.2) is 9.85 Å². The molecule has 0 spiro atoms. The lowest BCUT2D eigenvalue weighted by Gasteiger charge is -2.34. The minimum atomic E-state index is 0.229. The van der Waals surface area contributed by atoms with E-state index in [1.807, 2.05) is 29.3 Å².